The van der Waals surface area contributed by atoms with Crippen molar-refractivity contribution in [3.63, 3.8) is 0 Å². The SMILES string of the molecule is CCOc1ccccc1C1(Cl)C(=O)Nc2ccc(C(=O)O)cc21. The molecular formula is C17H14ClNO4. The number of benzene rings is 2. The van der Waals surface area contributed by atoms with E-state index in [1.54, 1.807) is 30.3 Å². The molecule has 0 radical (unpaired) electrons. The van der Waals surface area contributed by atoms with Crippen molar-refractivity contribution in [2.45, 2.75) is 11.8 Å². The molecule has 0 saturated carbocycles. The van der Waals surface area contributed by atoms with Crippen molar-refractivity contribution in [1.29, 1.82) is 0 Å². The number of nitrogens with one attached hydrogen (secondary N) is 1. The van der Waals surface area contributed by atoms with Crippen LogP contribution in [0.15, 0.2) is 42.5 Å². The molecular weight excluding hydrogens is 318 g/mol. The van der Waals surface area contributed by atoms with Crippen LogP contribution in [-0.2, 0) is 9.67 Å². The quantitative estimate of drug-likeness (QED) is 0.843. The largest absolute Gasteiger partial charge is 0.494 e. The summed E-state index contributed by atoms with van der Waals surface area (Å²) in [6, 6.07) is 11.4. The molecule has 0 aromatic heterocycles. The van der Waals surface area contributed by atoms with Crippen molar-refractivity contribution >= 4 is 29.2 Å². The maximum absolute atomic E-state index is 12.5. The van der Waals surface area contributed by atoms with Gasteiger partial charge in [-0.25, -0.2) is 4.79 Å². The highest BCUT2D eigenvalue weighted by Crippen LogP contribution is 2.49. The van der Waals surface area contributed by atoms with Gasteiger partial charge in [0, 0.05) is 16.8 Å². The van der Waals surface area contributed by atoms with Crippen LogP contribution in [0.5, 0.6) is 5.75 Å². The number of alkyl halides is 1. The van der Waals surface area contributed by atoms with Crippen molar-refractivity contribution < 1.29 is 19.4 Å². The van der Waals surface area contributed by atoms with Gasteiger partial charge in [-0.1, -0.05) is 29.8 Å². The van der Waals surface area contributed by atoms with E-state index in [4.69, 9.17) is 16.3 Å². The Morgan fingerprint density at radius 2 is 2.00 bits per heavy atom. The summed E-state index contributed by atoms with van der Waals surface area (Å²) >= 11 is 6.71. The smallest absolute Gasteiger partial charge is 0.335 e. The molecule has 0 saturated heterocycles. The van der Waals surface area contributed by atoms with E-state index in [2.05, 4.69) is 5.32 Å². The molecule has 1 aliphatic heterocycles. The van der Waals surface area contributed by atoms with Gasteiger partial charge in [0.15, 0.2) is 4.87 Å². The average molecular weight is 332 g/mol. The predicted molar refractivity (Wildman–Crippen MR) is 86.3 cm³/mol. The molecule has 1 unspecified atom stereocenters. The van der Waals surface area contributed by atoms with E-state index in [1.165, 1.54) is 12.1 Å². The first-order chi connectivity index (χ1) is 11.0. The molecule has 1 aliphatic rings. The maximum Gasteiger partial charge on any atom is 0.335 e. The van der Waals surface area contributed by atoms with Gasteiger partial charge in [0.05, 0.1) is 12.2 Å². The van der Waals surface area contributed by atoms with E-state index in [0.717, 1.165) is 0 Å². The number of para-hydroxylation sites is 1. The highest BCUT2D eigenvalue weighted by molar-refractivity contribution is 6.41. The third-order valence-corrected chi connectivity index (χ3v) is 4.34. The average Bonchev–Trinajstić information content (AvgIpc) is 2.80. The number of rotatable bonds is 4. The van der Waals surface area contributed by atoms with Crippen LogP contribution in [0.4, 0.5) is 5.69 Å². The van der Waals surface area contributed by atoms with Crippen LogP contribution in [-0.4, -0.2) is 23.6 Å². The Bertz CT molecular complexity index is 805. The van der Waals surface area contributed by atoms with E-state index in [1.807, 2.05) is 6.92 Å². The first kappa shape index (κ1) is 15.4. The second-order valence-corrected chi connectivity index (χ2v) is 5.67. The summed E-state index contributed by atoms with van der Waals surface area (Å²) in [5.41, 5.74) is 1.47. The van der Waals surface area contributed by atoms with Crippen molar-refractivity contribution in [3.05, 3.63) is 59.2 Å². The lowest BCUT2D eigenvalue weighted by molar-refractivity contribution is -0.117. The van der Waals surface area contributed by atoms with Crippen molar-refractivity contribution in [3.8, 4) is 5.75 Å². The Labute approximate surface area is 137 Å². The van der Waals surface area contributed by atoms with E-state index in [9.17, 15) is 14.7 Å². The normalized spacial score (nSPS) is 19.1. The minimum absolute atomic E-state index is 0.0687. The van der Waals surface area contributed by atoms with Crippen LogP contribution in [0.1, 0.15) is 28.4 Å². The lowest BCUT2D eigenvalue weighted by Gasteiger charge is -2.23. The molecule has 3 rings (SSSR count). The van der Waals surface area contributed by atoms with Gasteiger partial charge >= 0.3 is 5.97 Å². The number of aromatic carboxylic acids is 1. The topological polar surface area (TPSA) is 75.6 Å². The molecule has 2 N–H and O–H groups in total. The number of ether oxygens (including phenoxy) is 1. The molecule has 1 atom stereocenters. The number of carboxylic acid groups (broad SMARTS) is 1. The van der Waals surface area contributed by atoms with Crippen molar-refractivity contribution in [1.82, 2.24) is 0 Å². The van der Waals surface area contributed by atoms with E-state index < -0.39 is 16.8 Å². The molecule has 2 aromatic rings. The summed E-state index contributed by atoms with van der Waals surface area (Å²) < 4.78 is 5.57. The summed E-state index contributed by atoms with van der Waals surface area (Å²) in [5, 5.41) is 11.9. The Morgan fingerprint density at radius 3 is 2.70 bits per heavy atom. The molecule has 5 nitrogen and oxygen atoms in total. The highest BCUT2D eigenvalue weighted by Gasteiger charge is 2.48. The molecule has 0 spiro atoms. The van der Waals surface area contributed by atoms with Gasteiger partial charge in [0.25, 0.3) is 5.91 Å². The van der Waals surface area contributed by atoms with Gasteiger partial charge in [0.2, 0.25) is 0 Å². The summed E-state index contributed by atoms with van der Waals surface area (Å²) in [5.74, 6) is -1.01. The number of carbonyl (C=O) groups excluding carboxylic acids is 1. The summed E-state index contributed by atoms with van der Waals surface area (Å²) in [6.45, 7) is 2.26. The molecule has 0 fully saturated rings. The van der Waals surface area contributed by atoms with Crippen molar-refractivity contribution in [2.24, 2.45) is 0 Å². The fraction of sp³-hybridized carbons (Fsp3) is 0.176. The standard InChI is InChI=1S/C17H14ClNO4/c1-2-23-14-6-4-3-5-11(14)17(18)12-9-10(15(20)21)7-8-13(12)19-16(17)22/h3-9H,2H2,1H3,(H,19,22)(H,20,21). The number of hydrogen-bond acceptors (Lipinski definition) is 3. The fourth-order valence-corrected chi connectivity index (χ4v) is 3.06. The van der Waals surface area contributed by atoms with Crippen LogP contribution < -0.4 is 10.1 Å². The molecule has 23 heavy (non-hydrogen) atoms. The Balaban J connectivity index is 2.22. The summed E-state index contributed by atoms with van der Waals surface area (Å²) in [7, 11) is 0. The van der Waals surface area contributed by atoms with Crippen LogP contribution in [0.3, 0.4) is 0 Å². The number of amides is 1. The number of carboxylic acids is 1. The molecule has 118 valence electrons. The number of hydrogen-bond donors (Lipinski definition) is 2. The van der Waals surface area contributed by atoms with Crippen molar-refractivity contribution in [2.75, 3.05) is 11.9 Å². The lowest BCUT2D eigenvalue weighted by Crippen LogP contribution is -2.30. The van der Waals surface area contributed by atoms with E-state index in [-0.39, 0.29) is 5.56 Å². The molecule has 2 aromatic carbocycles. The van der Waals surface area contributed by atoms with E-state index >= 15 is 0 Å². The first-order valence-corrected chi connectivity index (χ1v) is 7.46. The Kier molecular flexibility index (Phi) is 3.74. The molecule has 1 amide bonds. The van der Waals surface area contributed by atoms with Gasteiger partial charge < -0.3 is 15.2 Å². The lowest BCUT2D eigenvalue weighted by atomic mass is 9.90. The highest BCUT2D eigenvalue weighted by atomic mass is 35.5. The monoisotopic (exact) mass is 331 g/mol. The van der Waals surface area contributed by atoms with Crippen LogP contribution in [0, 0.1) is 0 Å². The van der Waals surface area contributed by atoms with Crippen LogP contribution in [0.2, 0.25) is 0 Å². The van der Waals surface area contributed by atoms with Gasteiger partial charge in [-0.05, 0) is 31.2 Å². The third kappa shape index (κ3) is 2.33. The summed E-state index contributed by atoms with van der Waals surface area (Å²) in [6.07, 6.45) is 0. The number of halogens is 1. The minimum atomic E-state index is -1.52. The number of anilines is 1. The zero-order chi connectivity index (χ0) is 16.6. The Morgan fingerprint density at radius 1 is 1.26 bits per heavy atom. The molecule has 0 bridgehead atoms. The predicted octanol–water partition coefficient (Wildman–Crippen LogP) is 3.22. The molecule has 0 aliphatic carbocycles. The molecule has 6 heteroatoms. The number of carbonyl (C=O) groups is 2. The van der Waals surface area contributed by atoms with Crippen LogP contribution >= 0.6 is 11.6 Å². The fourth-order valence-electron chi connectivity index (χ4n) is 2.70. The van der Waals surface area contributed by atoms with Crippen LogP contribution in [0.25, 0.3) is 0 Å². The third-order valence-electron chi connectivity index (χ3n) is 3.76. The minimum Gasteiger partial charge on any atom is -0.494 e. The second kappa shape index (κ2) is 5.59. The summed E-state index contributed by atoms with van der Waals surface area (Å²) in [4.78, 5) is 22.2. The Hall–Kier alpha value is -2.53. The molecule has 1 heterocycles. The van der Waals surface area contributed by atoms with Gasteiger partial charge in [-0.2, -0.15) is 0 Å². The number of fused-ring (bicyclic) bond motifs is 1. The van der Waals surface area contributed by atoms with Gasteiger partial charge in [-0.3, -0.25) is 4.79 Å². The second-order valence-electron chi connectivity index (χ2n) is 5.11. The van der Waals surface area contributed by atoms with Gasteiger partial charge in [0.1, 0.15) is 5.75 Å². The maximum atomic E-state index is 12.5. The zero-order valence-corrected chi connectivity index (χ0v) is 13.1. The van der Waals surface area contributed by atoms with E-state index in [0.29, 0.717) is 29.2 Å². The van der Waals surface area contributed by atoms with Gasteiger partial charge in [-0.15, -0.1) is 0 Å². The zero-order valence-electron chi connectivity index (χ0n) is 12.3. The first-order valence-electron chi connectivity index (χ1n) is 7.09.